The second-order valence-electron chi connectivity index (χ2n) is 4.68. The molecule has 1 saturated heterocycles. The first kappa shape index (κ1) is 15.0. The van der Waals surface area contributed by atoms with E-state index in [2.05, 4.69) is 5.32 Å². The van der Waals surface area contributed by atoms with Gasteiger partial charge in [-0.25, -0.2) is 0 Å². The predicted molar refractivity (Wildman–Crippen MR) is 77.8 cm³/mol. The van der Waals surface area contributed by atoms with E-state index in [0.717, 1.165) is 22.0 Å². The molecule has 1 fully saturated rings. The van der Waals surface area contributed by atoms with E-state index < -0.39 is 5.97 Å². The van der Waals surface area contributed by atoms with Gasteiger partial charge in [0.15, 0.2) is 0 Å². The number of benzene rings is 1. The van der Waals surface area contributed by atoms with Crippen molar-refractivity contribution in [2.75, 3.05) is 27.0 Å². The topological polar surface area (TPSA) is 67.8 Å². The molecule has 1 heterocycles. The minimum Gasteiger partial charge on any atom is -0.496 e. The van der Waals surface area contributed by atoms with E-state index in [4.69, 9.17) is 14.6 Å². The molecule has 110 valence electrons. The predicted octanol–water partition coefficient (Wildman–Crippen LogP) is 2.16. The van der Waals surface area contributed by atoms with Crippen molar-refractivity contribution in [2.45, 2.75) is 17.4 Å². The molecule has 2 N–H and O–H groups in total. The molecule has 1 aromatic carbocycles. The molecular weight excluding hydrogens is 278 g/mol. The third kappa shape index (κ3) is 2.86. The van der Waals surface area contributed by atoms with Gasteiger partial charge in [-0.1, -0.05) is 0 Å². The van der Waals surface area contributed by atoms with Crippen LogP contribution in [0.4, 0.5) is 0 Å². The molecule has 0 radical (unpaired) electrons. The van der Waals surface area contributed by atoms with E-state index in [0.29, 0.717) is 13.0 Å². The standard InChI is InChI=1S/C14H19NO4S/c1-18-11-6-13(20-3)12(19-2)5-9(11)10-4-8(7-15-10)14(16)17/h5-6,8,10,15H,4,7H2,1-3H3,(H,16,17). The first-order valence-electron chi connectivity index (χ1n) is 6.36. The van der Waals surface area contributed by atoms with Crippen LogP contribution in [0.3, 0.4) is 0 Å². The van der Waals surface area contributed by atoms with Crippen molar-refractivity contribution in [2.24, 2.45) is 5.92 Å². The van der Waals surface area contributed by atoms with Gasteiger partial charge >= 0.3 is 5.97 Å². The van der Waals surface area contributed by atoms with Gasteiger partial charge in [-0.15, -0.1) is 11.8 Å². The van der Waals surface area contributed by atoms with E-state index in [9.17, 15) is 4.79 Å². The van der Waals surface area contributed by atoms with E-state index in [1.807, 2.05) is 18.4 Å². The molecule has 1 aromatic rings. The fourth-order valence-corrected chi connectivity index (χ4v) is 3.05. The summed E-state index contributed by atoms with van der Waals surface area (Å²) in [5.74, 6) is 0.440. The van der Waals surface area contributed by atoms with Gasteiger partial charge in [-0.2, -0.15) is 0 Å². The summed E-state index contributed by atoms with van der Waals surface area (Å²) in [5.41, 5.74) is 0.950. The van der Waals surface area contributed by atoms with Crippen molar-refractivity contribution in [3.8, 4) is 11.5 Å². The van der Waals surface area contributed by atoms with E-state index in [1.54, 1.807) is 26.0 Å². The Hall–Kier alpha value is -1.40. The van der Waals surface area contributed by atoms with Gasteiger partial charge in [-0.05, 0) is 24.8 Å². The smallest absolute Gasteiger partial charge is 0.307 e. The Morgan fingerprint density at radius 2 is 2.05 bits per heavy atom. The molecule has 2 atom stereocenters. The van der Waals surface area contributed by atoms with Crippen LogP contribution < -0.4 is 14.8 Å². The lowest BCUT2D eigenvalue weighted by Gasteiger charge is -2.18. The van der Waals surface area contributed by atoms with Crippen molar-refractivity contribution in [3.63, 3.8) is 0 Å². The number of hydrogen-bond acceptors (Lipinski definition) is 5. The van der Waals surface area contributed by atoms with Crippen LogP contribution in [-0.4, -0.2) is 38.1 Å². The van der Waals surface area contributed by atoms with Crippen molar-refractivity contribution in [3.05, 3.63) is 17.7 Å². The van der Waals surface area contributed by atoms with Gasteiger partial charge in [0.05, 0.1) is 25.0 Å². The summed E-state index contributed by atoms with van der Waals surface area (Å²) in [6, 6.07) is 3.86. The molecule has 0 aliphatic carbocycles. The molecular formula is C14H19NO4S. The number of ether oxygens (including phenoxy) is 2. The number of carbonyl (C=O) groups is 1. The molecule has 1 aliphatic heterocycles. The second kappa shape index (κ2) is 6.37. The minimum absolute atomic E-state index is 0.0177. The minimum atomic E-state index is -0.758. The zero-order valence-corrected chi connectivity index (χ0v) is 12.6. The fraction of sp³-hybridized carbons (Fsp3) is 0.500. The number of carboxylic acids is 1. The fourth-order valence-electron chi connectivity index (χ4n) is 2.49. The third-order valence-corrected chi connectivity index (χ3v) is 4.35. The molecule has 0 spiro atoms. The Morgan fingerprint density at radius 3 is 2.55 bits per heavy atom. The van der Waals surface area contributed by atoms with Crippen LogP contribution in [0.25, 0.3) is 0 Å². The molecule has 1 aliphatic rings. The summed E-state index contributed by atoms with van der Waals surface area (Å²) in [6.07, 6.45) is 2.54. The Bertz CT molecular complexity index is 506. The van der Waals surface area contributed by atoms with Crippen LogP contribution in [0, 0.1) is 5.92 Å². The summed E-state index contributed by atoms with van der Waals surface area (Å²) < 4.78 is 10.8. The number of hydrogen-bond donors (Lipinski definition) is 2. The van der Waals surface area contributed by atoms with Crippen molar-refractivity contribution < 1.29 is 19.4 Å². The van der Waals surface area contributed by atoms with Crippen LogP contribution >= 0.6 is 11.8 Å². The summed E-state index contributed by atoms with van der Waals surface area (Å²) >= 11 is 1.59. The van der Waals surface area contributed by atoms with Gasteiger partial charge in [-0.3, -0.25) is 4.79 Å². The highest BCUT2D eigenvalue weighted by Gasteiger charge is 2.32. The molecule has 0 aromatic heterocycles. The third-order valence-electron chi connectivity index (χ3n) is 3.59. The number of thioether (sulfide) groups is 1. The number of nitrogens with one attached hydrogen (secondary N) is 1. The van der Waals surface area contributed by atoms with E-state index >= 15 is 0 Å². The Balaban J connectivity index is 2.33. The lowest BCUT2D eigenvalue weighted by Crippen LogP contribution is -2.17. The summed E-state index contributed by atoms with van der Waals surface area (Å²) in [6.45, 7) is 0.482. The Morgan fingerprint density at radius 1 is 1.35 bits per heavy atom. The van der Waals surface area contributed by atoms with Gasteiger partial charge in [0.25, 0.3) is 0 Å². The van der Waals surface area contributed by atoms with Gasteiger partial charge in [0.1, 0.15) is 11.5 Å². The summed E-state index contributed by atoms with van der Waals surface area (Å²) in [5, 5.41) is 12.3. The van der Waals surface area contributed by atoms with Crippen LogP contribution in [0.5, 0.6) is 11.5 Å². The second-order valence-corrected chi connectivity index (χ2v) is 5.53. The number of methoxy groups -OCH3 is 2. The molecule has 20 heavy (non-hydrogen) atoms. The number of carboxylic acid groups (broad SMARTS) is 1. The molecule has 0 amide bonds. The SMILES string of the molecule is COc1cc(C2CC(C(=O)O)CN2)c(OC)cc1SC. The summed E-state index contributed by atoms with van der Waals surface area (Å²) in [7, 11) is 3.26. The molecule has 0 saturated carbocycles. The first-order chi connectivity index (χ1) is 9.60. The highest BCUT2D eigenvalue weighted by atomic mass is 32.2. The molecule has 2 unspecified atom stereocenters. The van der Waals surface area contributed by atoms with Gasteiger partial charge in [0.2, 0.25) is 0 Å². The zero-order valence-electron chi connectivity index (χ0n) is 11.8. The molecule has 5 nitrogen and oxygen atoms in total. The van der Waals surface area contributed by atoms with Crippen LogP contribution in [0.15, 0.2) is 17.0 Å². The zero-order chi connectivity index (χ0) is 14.7. The van der Waals surface area contributed by atoms with Crippen LogP contribution in [0.1, 0.15) is 18.0 Å². The average molecular weight is 297 g/mol. The Kier molecular flexibility index (Phi) is 4.77. The normalized spacial score (nSPS) is 21.8. The largest absolute Gasteiger partial charge is 0.496 e. The van der Waals surface area contributed by atoms with Crippen LogP contribution in [-0.2, 0) is 4.79 Å². The molecule has 2 rings (SSSR count). The van der Waals surface area contributed by atoms with Crippen LogP contribution in [0.2, 0.25) is 0 Å². The van der Waals surface area contributed by atoms with Gasteiger partial charge in [0, 0.05) is 18.2 Å². The lowest BCUT2D eigenvalue weighted by molar-refractivity contribution is -0.141. The van der Waals surface area contributed by atoms with E-state index in [1.165, 1.54) is 0 Å². The van der Waals surface area contributed by atoms with Crippen molar-refractivity contribution in [1.82, 2.24) is 5.32 Å². The highest BCUT2D eigenvalue weighted by Crippen LogP contribution is 2.40. The lowest BCUT2D eigenvalue weighted by atomic mass is 9.99. The quantitative estimate of drug-likeness (QED) is 0.812. The van der Waals surface area contributed by atoms with Crippen molar-refractivity contribution >= 4 is 17.7 Å². The van der Waals surface area contributed by atoms with Gasteiger partial charge < -0.3 is 19.9 Å². The number of aliphatic carboxylic acids is 1. The first-order valence-corrected chi connectivity index (χ1v) is 7.59. The van der Waals surface area contributed by atoms with Crippen molar-refractivity contribution in [1.29, 1.82) is 0 Å². The maximum atomic E-state index is 11.1. The summed E-state index contributed by atoms with van der Waals surface area (Å²) in [4.78, 5) is 12.1. The Labute approximate surface area is 122 Å². The monoisotopic (exact) mass is 297 g/mol. The number of rotatable bonds is 5. The maximum absolute atomic E-state index is 11.1. The average Bonchev–Trinajstić information content (AvgIpc) is 2.95. The van der Waals surface area contributed by atoms with E-state index in [-0.39, 0.29) is 12.0 Å². The maximum Gasteiger partial charge on any atom is 0.307 e. The molecule has 0 bridgehead atoms. The molecule has 6 heteroatoms. The highest BCUT2D eigenvalue weighted by molar-refractivity contribution is 7.98.